The van der Waals surface area contributed by atoms with E-state index in [0.717, 1.165) is 23.8 Å². The van der Waals surface area contributed by atoms with Gasteiger partial charge in [0, 0.05) is 10.8 Å². The minimum Gasteiger partial charge on any atom is -0.456 e. The van der Waals surface area contributed by atoms with Crippen molar-refractivity contribution in [2.24, 2.45) is 0 Å². The highest BCUT2D eigenvalue weighted by Gasteiger charge is 2.23. The van der Waals surface area contributed by atoms with Gasteiger partial charge in [-0.1, -0.05) is 115 Å². The number of hydrogen-bond donors (Lipinski definition) is 0. The fraction of sp³-hybridized carbons (Fsp3) is 0.0455. The summed E-state index contributed by atoms with van der Waals surface area (Å²) >= 11 is 0. The summed E-state index contributed by atoms with van der Waals surface area (Å²) in [5.74, 6) is 0. The van der Waals surface area contributed by atoms with Crippen LogP contribution >= 0.6 is 0 Å². The lowest BCUT2D eigenvalue weighted by atomic mass is 9.82. The third kappa shape index (κ3) is 3.62. The predicted octanol–water partition coefficient (Wildman–Crippen LogP) is 11.5. The lowest BCUT2D eigenvalue weighted by Gasteiger charge is -2.20. The number of rotatable bonds is 3. The number of furan rings is 1. The van der Waals surface area contributed by atoms with E-state index < -0.39 is 0 Å². The van der Waals surface area contributed by atoms with Crippen molar-refractivity contribution in [2.75, 3.05) is 0 Å². The molecule has 0 fully saturated rings. The molecule has 0 saturated heterocycles. The molecule has 1 nitrogen and oxygen atoms in total. The fourth-order valence-electron chi connectivity index (χ4n) is 7.88. The summed E-state index contributed by atoms with van der Waals surface area (Å²) in [5, 5.41) is 11.4. The average molecular weight is 573 g/mol. The molecular weight excluding hydrogens is 544 g/mol. The van der Waals surface area contributed by atoms with Crippen molar-refractivity contribution in [1.82, 2.24) is 0 Å². The van der Waals surface area contributed by atoms with Gasteiger partial charge < -0.3 is 4.42 Å². The van der Waals surface area contributed by atoms with Crippen LogP contribution in [0.5, 0.6) is 0 Å². The molecule has 0 bridgehead atoms. The number of hydrogen-bond acceptors (Lipinski definition) is 1. The van der Waals surface area contributed by atoms with Gasteiger partial charge in [-0.05, 0) is 120 Å². The second kappa shape index (κ2) is 9.42. The first-order valence-electron chi connectivity index (χ1n) is 15.8. The van der Waals surface area contributed by atoms with E-state index in [-0.39, 0.29) is 0 Å². The SMILES string of the molecule is C1=c2oc3cccc4c(-c5c6ccccc6c(-c6ccc7cc(-c8ccccc8)ccc7c6)c6ccccc56)cc(c2c34)CC1. The molecule has 0 aliphatic heterocycles. The molecule has 0 N–H and O–H groups in total. The van der Waals surface area contributed by atoms with Crippen LogP contribution in [0.3, 0.4) is 0 Å². The zero-order valence-electron chi connectivity index (χ0n) is 24.7. The highest BCUT2D eigenvalue weighted by Crippen LogP contribution is 2.47. The van der Waals surface area contributed by atoms with E-state index in [1.807, 2.05) is 0 Å². The molecule has 9 aromatic rings. The highest BCUT2D eigenvalue weighted by molar-refractivity contribution is 6.26. The summed E-state index contributed by atoms with van der Waals surface area (Å²) in [6.45, 7) is 0. The fourth-order valence-corrected chi connectivity index (χ4v) is 7.88. The lowest BCUT2D eigenvalue weighted by molar-refractivity contribution is 0.579. The molecule has 8 aromatic carbocycles. The van der Waals surface area contributed by atoms with E-state index in [1.54, 1.807) is 0 Å². The van der Waals surface area contributed by atoms with Gasteiger partial charge in [0.2, 0.25) is 0 Å². The molecule has 210 valence electrons. The van der Waals surface area contributed by atoms with E-state index in [2.05, 4.69) is 146 Å². The first-order valence-corrected chi connectivity index (χ1v) is 15.8. The number of fused-ring (bicyclic) bond motifs is 3. The Morgan fingerprint density at radius 1 is 0.444 bits per heavy atom. The van der Waals surface area contributed by atoms with Crippen molar-refractivity contribution in [3.8, 4) is 33.4 Å². The van der Waals surface area contributed by atoms with Crippen LogP contribution in [0.25, 0.3) is 93.5 Å². The zero-order valence-corrected chi connectivity index (χ0v) is 24.7. The van der Waals surface area contributed by atoms with Crippen molar-refractivity contribution >= 4 is 60.1 Å². The van der Waals surface area contributed by atoms with E-state index in [4.69, 9.17) is 4.42 Å². The van der Waals surface area contributed by atoms with E-state index >= 15 is 0 Å². The maximum atomic E-state index is 6.38. The maximum Gasteiger partial charge on any atom is 0.136 e. The van der Waals surface area contributed by atoms with Crippen LogP contribution in [0, 0.1) is 0 Å². The summed E-state index contributed by atoms with van der Waals surface area (Å²) in [7, 11) is 0. The monoisotopic (exact) mass is 572 g/mol. The predicted molar refractivity (Wildman–Crippen MR) is 191 cm³/mol. The van der Waals surface area contributed by atoms with Gasteiger partial charge in [-0.3, -0.25) is 0 Å². The summed E-state index contributed by atoms with van der Waals surface area (Å²) in [6.07, 6.45) is 4.31. The third-order valence-corrected chi connectivity index (χ3v) is 9.85. The van der Waals surface area contributed by atoms with Crippen molar-refractivity contribution in [2.45, 2.75) is 12.8 Å². The van der Waals surface area contributed by atoms with Crippen LogP contribution in [0.1, 0.15) is 12.0 Å². The highest BCUT2D eigenvalue weighted by atomic mass is 16.3. The van der Waals surface area contributed by atoms with Crippen LogP contribution < -0.4 is 5.42 Å². The summed E-state index contributed by atoms with van der Waals surface area (Å²) in [4.78, 5) is 0. The van der Waals surface area contributed by atoms with Crippen LogP contribution in [0.4, 0.5) is 0 Å². The first-order chi connectivity index (χ1) is 22.3. The summed E-state index contributed by atoms with van der Waals surface area (Å²) in [6, 6.07) is 51.3. The van der Waals surface area contributed by atoms with Gasteiger partial charge in [0.1, 0.15) is 11.0 Å². The summed E-state index contributed by atoms with van der Waals surface area (Å²) < 4.78 is 6.38. The molecule has 0 radical (unpaired) electrons. The number of benzene rings is 8. The van der Waals surface area contributed by atoms with Crippen molar-refractivity contribution in [3.05, 3.63) is 151 Å². The molecule has 1 aliphatic rings. The van der Waals surface area contributed by atoms with Crippen molar-refractivity contribution < 1.29 is 4.42 Å². The van der Waals surface area contributed by atoms with Crippen LogP contribution in [0.15, 0.2) is 144 Å². The van der Waals surface area contributed by atoms with Crippen molar-refractivity contribution in [1.29, 1.82) is 0 Å². The van der Waals surface area contributed by atoms with Gasteiger partial charge in [0.05, 0.1) is 0 Å². The van der Waals surface area contributed by atoms with Gasteiger partial charge in [-0.2, -0.15) is 0 Å². The molecule has 45 heavy (non-hydrogen) atoms. The third-order valence-electron chi connectivity index (χ3n) is 9.85. The Balaban J connectivity index is 1.26. The second-order valence-corrected chi connectivity index (χ2v) is 12.3. The zero-order chi connectivity index (χ0) is 29.5. The average Bonchev–Trinajstić information content (AvgIpc) is 3.50. The minimum absolute atomic E-state index is 0.982. The molecule has 0 amide bonds. The second-order valence-electron chi connectivity index (χ2n) is 12.3. The van der Waals surface area contributed by atoms with E-state index in [0.29, 0.717) is 0 Å². The molecule has 1 aliphatic carbocycles. The van der Waals surface area contributed by atoms with Gasteiger partial charge >= 0.3 is 0 Å². The van der Waals surface area contributed by atoms with Crippen molar-refractivity contribution in [3.63, 3.8) is 0 Å². The van der Waals surface area contributed by atoms with Gasteiger partial charge in [0.25, 0.3) is 0 Å². The molecule has 10 rings (SSSR count). The topological polar surface area (TPSA) is 13.1 Å². The minimum atomic E-state index is 0.982. The van der Waals surface area contributed by atoms with Crippen LogP contribution in [-0.2, 0) is 6.42 Å². The Morgan fingerprint density at radius 3 is 1.80 bits per heavy atom. The normalized spacial score (nSPS) is 12.9. The summed E-state index contributed by atoms with van der Waals surface area (Å²) in [5.41, 5.74) is 11.0. The Hall–Kier alpha value is -5.66. The van der Waals surface area contributed by atoms with E-state index in [1.165, 1.54) is 87.4 Å². The Morgan fingerprint density at radius 2 is 1.07 bits per heavy atom. The largest absolute Gasteiger partial charge is 0.456 e. The van der Waals surface area contributed by atoms with Gasteiger partial charge in [0.15, 0.2) is 0 Å². The number of aryl methyl sites for hydroxylation is 1. The van der Waals surface area contributed by atoms with Gasteiger partial charge in [-0.15, -0.1) is 0 Å². The molecule has 0 spiro atoms. The lowest BCUT2D eigenvalue weighted by Crippen LogP contribution is -2.05. The Labute approximate surface area is 260 Å². The van der Waals surface area contributed by atoms with Crippen LogP contribution in [-0.4, -0.2) is 0 Å². The molecule has 0 saturated carbocycles. The molecule has 1 aromatic heterocycles. The smallest absolute Gasteiger partial charge is 0.136 e. The quantitative estimate of drug-likeness (QED) is 0.192. The Kier molecular flexibility index (Phi) is 5.18. The Bertz CT molecular complexity index is 2630. The van der Waals surface area contributed by atoms with Crippen LogP contribution in [0.2, 0.25) is 0 Å². The first kappa shape index (κ1) is 24.7. The van der Waals surface area contributed by atoms with E-state index in [9.17, 15) is 0 Å². The molecular formula is C44H28O. The molecule has 0 unspecified atom stereocenters. The molecule has 0 atom stereocenters. The molecule has 1 heterocycles. The van der Waals surface area contributed by atoms with Gasteiger partial charge in [-0.25, -0.2) is 0 Å². The standard InChI is InChI=1S/C44H28O/c1-2-10-27(11-3-1)28-20-21-30-25-32(23-22-29(30)24-28)41-33-13-4-6-15-35(33)43(36-16-7-5-14-34(36)41)38-26-31-12-8-18-39-42(31)44-37(38)17-9-19-40(44)45-39/h1-7,9-11,13-26H,8,12H2. The maximum absolute atomic E-state index is 6.38. The molecule has 1 heteroatoms.